The van der Waals surface area contributed by atoms with E-state index in [1.165, 1.54) is 11.9 Å². The molecule has 1 aromatic carbocycles. The molecule has 5 nitrogen and oxygen atoms in total. The molecule has 0 radical (unpaired) electrons. The van der Waals surface area contributed by atoms with Gasteiger partial charge in [-0.15, -0.1) is 0 Å². The number of ether oxygens (including phenoxy) is 2. The van der Waals surface area contributed by atoms with Crippen LogP contribution in [0.1, 0.15) is 45.1 Å². The Kier molecular flexibility index (Phi) is 7.90. The first kappa shape index (κ1) is 21.8. The Balaban J connectivity index is 2.26. The lowest BCUT2D eigenvalue weighted by atomic mass is 10.2. The molecule has 0 atom stereocenters. The average Bonchev–Trinajstić information content (AvgIpc) is 2.68. The topological polar surface area (TPSA) is 47.5 Å². The molecule has 0 spiro atoms. The lowest BCUT2D eigenvalue weighted by Crippen LogP contribution is -2.19. The minimum Gasteiger partial charge on any atom is -0.494 e. The standard InChI is InChI=1S/C20H26F3N3O2/c1-4-6-7-13-28-19-24-14-17(20(21,22)23)18(25-19)26(3)15-8-10-16(11-9-15)27-12-5-2/h8-11,14H,4-7,12-13H2,1-3H3. The third-order valence-electron chi connectivity index (χ3n) is 4.05. The van der Waals surface area contributed by atoms with Crippen LogP contribution in [0.3, 0.4) is 0 Å². The number of aromatic nitrogens is 2. The predicted octanol–water partition coefficient (Wildman–Crippen LogP) is 5.62. The lowest BCUT2D eigenvalue weighted by molar-refractivity contribution is -0.137. The molecule has 0 saturated carbocycles. The van der Waals surface area contributed by atoms with Crippen LogP contribution in [0.4, 0.5) is 24.7 Å². The summed E-state index contributed by atoms with van der Waals surface area (Å²) in [6.07, 6.45) is -0.145. The molecule has 0 bridgehead atoms. The van der Waals surface area contributed by atoms with Crippen molar-refractivity contribution >= 4 is 11.5 Å². The first-order valence-electron chi connectivity index (χ1n) is 9.40. The summed E-state index contributed by atoms with van der Waals surface area (Å²) in [5.41, 5.74) is -0.368. The number of halogens is 3. The fourth-order valence-electron chi connectivity index (χ4n) is 2.51. The number of alkyl halides is 3. The number of anilines is 2. The molecule has 1 heterocycles. The molecule has 1 aromatic heterocycles. The van der Waals surface area contributed by atoms with E-state index in [0.717, 1.165) is 31.9 Å². The molecule has 0 aliphatic carbocycles. The zero-order valence-corrected chi connectivity index (χ0v) is 16.4. The Bertz CT molecular complexity index is 736. The Morgan fingerprint density at radius 1 is 0.964 bits per heavy atom. The van der Waals surface area contributed by atoms with Gasteiger partial charge in [-0.1, -0.05) is 26.7 Å². The third-order valence-corrected chi connectivity index (χ3v) is 4.05. The van der Waals surface area contributed by atoms with E-state index in [9.17, 15) is 13.2 Å². The summed E-state index contributed by atoms with van der Waals surface area (Å²) in [4.78, 5) is 9.12. The van der Waals surface area contributed by atoms with Crippen LogP contribution in [-0.4, -0.2) is 30.2 Å². The molecule has 28 heavy (non-hydrogen) atoms. The zero-order valence-electron chi connectivity index (χ0n) is 16.4. The second-order valence-corrected chi connectivity index (χ2v) is 6.34. The van der Waals surface area contributed by atoms with Gasteiger partial charge in [-0.3, -0.25) is 0 Å². The molecule has 0 aliphatic heterocycles. The van der Waals surface area contributed by atoms with Crippen molar-refractivity contribution in [3.63, 3.8) is 0 Å². The summed E-state index contributed by atoms with van der Waals surface area (Å²) in [5.74, 6) is 0.410. The predicted molar refractivity (Wildman–Crippen MR) is 102 cm³/mol. The Hall–Kier alpha value is -2.51. The Morgan fingerprint density at radius 3 is 2.29 bits per heavy atom. The van der Waals surface area contributed by atoms with Crippen LogP contribution in [0.25, 0.3) is 0 Å². The maximum atomic E-state index is 13.4. The van der Waals surface area contributed by atoms with Gasteiger partial charge in [0.15, 0.2) is 5.82 Å². The average molecular weight is 397 g/mol. The van der Waals surface area contributed by atoms with E-state index >= 15 is 0 Å². The fraction of sp³-hybridized carbons (Fsp3) is 0.500. The molecule has 0 fully saturated rings. The van der Waals surface area contributed by atoms with Gasteiger partial charge in [0.25, 0.3) is 0 Å². The van der Waals surface area contributed by atoms with Gasteiger partial charge in [0.2, 0.25) is 0 Å². The highest BCUT2D eigenvalue weighted by Crippen LogP contribution is 2.38. The van der Waals surface area contributed by atoms with Crippen LogP contribution in [0, 0.1) is 0 Å². The highest BCUT2D eigenvalue weighted by molar-refractivity contribution is 5.63. The summed E-state index contributed by atoms with van der Waals surface area (Å²) >= 11 is 0. The summed E-state index contributed by atoms with van der Waals surface area (Å²) in [6, 6.07) is 6.76. The Morgan fingerprint density at radius 2 is 1.68 bits per heavy atom. The molecule has 0 saturated heterocycles. The van der Waals surface area contributed by atoms with Gasteiger partial charge in [0.1, 0.15) is 11.3 Å². The number of hydrogen-bond donors (Lipinski definition) is 0. The summed E-state index contributed by atoms with van der Waals surface area (Å²) in [7, 11) is 1.53. The van der Waals surface area contributed by atoms with E-state index < -0.39 is 11.7 Å². The van der Waals surface area contributed by atoms with Gasteiger partial charge in [-0.05, 0) is 37.1 Å². The summed E-state index contributed by atoms with van der Waals surface area (Å²) < 4.78 is 51.3. The highest BCUT2D eigenvalue weighted by atomic mass is 19.4. The van der Waals surface area contributed by atoms with E-state index in [1.54, 1.807) is 24.3 Å². The quantitative estimate of drug-likeness (QED) is 0.487. The number of benzene rings is 1. The van der Waals surface area contributed by atoms with E-state index in [-0.39, 0.29) is 11.8 Å². The summed E-state index contributed by atoms with van der Waals surface area (Å²) in [6.45, 7) is 5.00. The third kappa shape index (κ3) is 6.00. The highest BCUT2D eigenvalue weighted by Gasteiger charge is 2.36. The van der Waals surface area contributed by atoms with Crippen molar-refractivity contribution in [3.05, 3.63) is 36.0 Å². The lowest BCUT2D eigenvalue weighted by Gasteiger charge is -2.22. The van der Waals surface area contributed by atoms with Gasteiger partial charge < -0.3 is 14.4 Å². The molecular formula is C20H26F3N3O2. The minimum atomic E-state index is -4.57. The van der Waals surface area contributed by atoms with Crippen molar-refractivity contribution in [1.29, 1.82) is 0 Å². The van der Waals surface area contributed by atoms with Crippen LogP contribution >= 0.6 is 0 Å². The second kappa shape index (κ2) is 10.1. The van der Waals surface area contributed by atoms with E-state index in [1.807, 2.05) is 6.92 Å². The monoisotopic (exact) mass is 397 g/mol. The molecule has 0 aliphatic rings. The fourth-order valence-corrected chi connectivity index (χ4v) is 2.51. The number of unbranched alkanes of at least 4 members (excludes halogenated alkanes) is 2. The van der Waals surface area contributed by atoms with Crippen LogP contribution in [-0.2, 0) is 6.18 Å². The van der Waals surface area contributed by atoms with E-state index in [4.69, 9.17) is 9.47 Å². The van der Waals surface area contributed by atoms with Crippen molar-refractivity contribution in [2.24, 2.45) is 0 Å². The summed E-state index contributed by atoms with van der Waals surface area (Å²) in [5, 5.41) is 0. The van der Waals surface area contributed by atoms with Crippen molar-refractivity contribution < 1.29 is 22.6 Å². The maximum Gasteiger partial charge on any atom is 0.421 e. The molecule has 0 amide bonds. The SMILES string of the molecule is CCCCCOc1ncc(C(F)(F)F)c(N(C)c2ccc(OCCC)cc2)n1. The van der Waals surface area contributed by atoms with Gasteiger partial charge in [0.05, 0.1) is 13.2 Å². The normalized spacial score (nSPS) is 11.4. The second-order valence-electron chi connectivity index (χ2n) is 6.34. The molecular weight excluding hydrogens is 371 g/mol. The zero-order chi connectivity index (χ0) is 20.6. The van der Waals surface area contributed by atoms with Gasteiger partial charge in [-0.25, -0.2) is 4.98 Å². The van der Waals surface area contributed by atoms with Crippen molar-refractivity contribution in [2.75, 3.05) is 25.2 Å². The first-order valence-corrected chi connectivity index (χ1v) is 9.40. The maximum absolute atomic E-state index is 13.4. The molecule has 2 aromatic rings. The van der Waals surface area contributed by atoms with Gasteiger partial charge in [0, 0.05) is 18.9 Å². The smallest absolute Gasteiger partial charge is 0.421 e. The Labute approximate surface area is 163 Å². The number of hydrogen-bond acceptors (Lipinski definition) is 5. The molecule has 0 N–H and O–H groups in total. The van der Waals surface area contributed by atoms with Crippen molar-refractivity contribution in [2.45, 2.75) is 45.7 Å². The van der Waals surface area contributed by atoms with Crippen LogP contribution in [0.5, 0.6) is 11.8 Å². The number of rotatable bonds is 10. The minimum absolute atomic E-state index is 0.0612. The number of nitrogens with zero attached hydrogens (tertiary/aromatic N) is 3. The van der Waals surface area contributed by atoms with Gasteiger partial charge >= 0.3 is 12.2 Å². The van der Waals surface area contributed by atoms with Gasteiger partial charge in [-0.2, -0.15) is 18.2 Å². The van der Waals surface area contributed by atoms with Crippen LogP contribution in [0.2, 0.25) is 0 Å². The molecule has 8 heteroatoms. The van der Waals surface area contributed by atoms with Crippen LogP contribution in [0.15, 0.2) is 30.5 Å². The molecule has 2 rings (SSSR count). The van der Waals surface area contributed by atoms with Crippen molar-refractivity contribution in [1.82, 2.24) is 9.97 Å². The first-order chi connectivity index (χ1) is 13.4. The molecule has 154 valence electrons. The van der Waals surface area contributed by atoms with E-state index in [0.29, 0.717) is 24.7 Å². The van der Waals surface area contributed by atoms with Crippen LogP contribution < -0.4 is 14.4 Å². The van der Waals surface area contributed by atoms with E-state index in [2.05, 4.69) is 16.9 Å². The molecule has 0 unspecified atom stereocenters. The largest absolute Gasteiger partial charge is 0.494 e. The van der Waals surface area contributed by atoms with Crippen molar-refractivity contribution in [3.8, 4) is 11.8 Å².